The van der Waals surface area contributed by atoms with E-state index in [-0.39, 0.29) is 71.0 Å². The molecular weight excluding hydrogens is 1890 g/mol. The summed E-state index contributed by atoms with van der Waals surface area (Å²) in [6.07, 6.45) is 0.199. The second-order valence-corrected chi connectivity index (χ2v) is 36.1. The normalized spacial score (nSPS) is 10.9. The third kappa shape index (κ3) is 30.6. The number of Topliss-reactive ketones (excluding diaryl/α,β-unsaturated/α-hetero) is 6. The van der Waals surface area contributed by atoms with E-state index in [1.165, 1.54) is 47.0 Å². The zero-order valence-electron chi connectivity index (χ0n) is 84.4. The van der Waals surface area contributed by atoms with Crippen molar-refractivity contribution < 1.29 is 73.5 Å². The van der Waals surface area contributed by atoms with E-state index >= 15 is 0 Å². The molecule has 0 aliphatic rings. The lowest BCUT2D eigenvalue weighted by molar-refractivity contribution is -0.137. The van der Waals surface area contributed by atoms with Crippen LogP contribution in [-0.2, 0) is 44.7 Å². The average molecular weight is 2000 g/mol. The Morgan fingerprint density at radius 3 is 0.707 bits per heavy atom. The molecule has 147 heavy (non-hydrogen) atoms. The van der Waals surface area contributed by atoms with Crippen LogP contribution in [0.5, 0.6) is 0 Å². The van der Waals surface area contributed by atoms with Crippen molar-refractivity contribution in [2.75, 3.05) is 0 Å². The van der Waals surface area contributed by atoms with Gasteiger partial charge in [0.2, 0.25) is 0 Å². The highest BCUT2D eigenvalue weighted by molar-refractivity contribution is 6.33. The monoisotopic (exact) mass is 2000 g/mol. The second-order valence-electron chi connectivity index (χ2n) is 35.7. The number of aryl methyl sites for hydroxylation is 21. The third-order valence-corrected chi connectivity index (χ3v) is 24.3. The zero-order valence-corrected chi connectivity index (χ0v) is 85.1. The molecule has 750 valence electrons. The number of carbonyl (C=O) groups excluding carboxylic acids is 6. The highest BCUT2D eigenvalue weighted by Gasteiger charge is 2.34. The fourth-order valence-corrected chi connectivity index (χ4v) is 16.2. The summed E-state index contributed by atoms with van der Waals surface area (Å²) < 4.78 is 85.0. The van der Waals surface area contributed by atoms with Crippen molar-refractivity contribution in [3.05, 3.63) is 424 Å². The van der Waals surface area contributed by atoms with E-state index in [0.29, 0.717) is 136 Å². The summed E-state index contributed by atoms with van der Waals surface area (Å²) in [6.45, 7) is 28.6. The molecule has 0 spiro atoms. The molecule has 29 heteroatoms. The topological polar surface area (TPSA) is 336 Å². The van der Waals surface area contributed by atoms with Crippen molar-refractivity contribution in [3.8, 4) is 67.5 Å². The molecule has 12 heterocycles. The van der Waals surface area contributed by atoms with Crippen LogP contribution < -0.4 is 0 Å². The van der Waals surface area contributed by atoms with Crippen LogP contribution in [0.2, 0.25) is 5.02 Å². The largest absolute Gasteiger partial charge is 0.417 e. The molecule has 18 aromatic rings. The van der Waals surface area contributed by atoms with Crippen molar-refractivity contribution in [1.82, 2.24) is 60.8 Å². The Kier molecular flexibility index (Phi) is 37.1. The molecule has 0 saturated heterocycles. The van der Waals surface area contributed by atoms with Crippen LogP contribution in [-0.4, -0.2) is 95.5 Å². The number of ketones is 6. The van der Waals surface area contributed by atoms with Crippen LogP contribution >= 0.6 is 11.6 Å². The lowest BCUT2D eigenvalue weighted by atomic mass is 10.0. The van der Waals surface area contributed by atoms with Gasteiger partial charge in [0.05, 0.1) is 10.6 Å². The Bertz CT molecular complexity index is 7170. The quantitative estimate of drug-likeness (QED) is 0.0298. The van der Waals surface area contributed by atoms with E-state index in [1.54, 1.807) is 49.4 Å². The van der Waals surface area contributed by atoms with Gasteiger partial charge in [-0.05, 0) is 201 Å². The first kappa shape index (κ1) is 108. The number of pyridine rings is 6. The first-order valence-corrected chi connectivity index (χ1v) is 48.3. The Morgan fingerprint density at radius 2 is 0.463 bits per heavy atom. The predicted octanol–water partition coefficient (Wildman–Crippen LogP) is 27.8. The highest BCUT2D eigenvalue weighted by Crippen LogP contribution is 2.38. The Balaban J connectivity index is 0.000000147. The molecule has 0 radical (unpaired) electrons. The van der Waals surface area contributed by atoms with E-state index in [9.17, 15) is 46.3 Å². The number of halogens is 5. The van der Waals surface area contributed by atoms with Crippen LogP contribution in [0, 0.1) is 110 Å². The number of alkyl halides is 3. The van der Waals surface area contributed by atoms with Gasteiger partial charge in [-0.2, -0.15) is 13.2 Å². The fourth-order valence-electron chi connectivity index (χ4n) is 16.0. The molecule has 0 aliphatic carbocycles. The maximum atomic E-state index is 13.8. The van der Waals surface area contributed by atoms with Crippen molar-refractivity contribution in [1.29, 1.82) is 0 Å². The SMILES string of the molecule is Cc1ccc(-c2cc(CCC(=O)c3ccc(C)nc3C)on2)cc1.Cc1ccc(-c2cc(CCC(=O)c3ccc(C)nc3C)on2)cc1.Cc1ccc(-c2cc(CCC(=O)c3ccc(C)nc3C)on2)cc1.Cc1ccc(C(=O)CCc2cc(-c3ccccc3C(F)(F)F)no2)c(C)n1.Cc1ccc(C(=O)CCc2cc(-c3ccccc3Cl)no2)c(C)n1.Cc1ccc(C(=O)CCc2cc(-c3ccccc3F)no2)c(C)n1. The minimum atomic E-state index is -4.48. The van der Waals surface area contributed by atoms with Crippen molar-refractivity contribution >= 4 is 46.3 Å². The molecule has 0 N–H and O–H groups in total. The average Bonchev–Trinajstić information content (AvgIpc) is 1.13. The summed E-state index contributed by atoms with van der Waals surface area (Å²) in [6, 6.07) is 75.9. The molecule has 0 bridgehead atoms. The summed E-state index contributed by atoms with van der Waals surface area (Å²) in [5.41, 5.74) is 24.3. The number of nitrogens with zero attached hydrogens (tertiary/aromatic N) is 12. The van der Waals surface area contributed by atoms with Crippen LogP contribution in [0.25, 0.3) is 67.5 Å². The maximum absolute atomic E-state index is 13.8. The first-order chi connectivity index (χ1) is 70.4. The Labute approximate surface area is 854 Å². The molecule has 12 aromatic heterocycles. The van der Waals surface area contributed by atoms with Gasteiger partial charge in [0.25, 0.3) is 0 Å². The fraction of sp³-hybridized carbons (Fsp3) is 0.237. The van der Waals surface area contributed by atoms with Gasteiger partial charge in [-0.1, -0.05) is 181 Å². The van der Waals surface area contributed by atoms with Gasteiger partial charge < -0.3 is 27.1 Å². The predicted molar refractivity (Wildman–Crippen MR) is 554 cm³/mol. The van der Waals surface area contributed by atoms with Crippen molar-refractivity contribution in [3.63, 3.8) is 0 Å². The summed E-state index contributed by atoms with van der Waals surface area (Å²) in [4.78, 5) is 100. The Morgan fingerprint density at radius 1 is 0.252 bits per heavy atom. The smallest absolute Gasteiger partial charge is 0.361 e. The molecule has 0 amide bonds. The molecule has 24 nitrogen and oxygen atoms in total. The summed E-state index contributed by atoms with van der Waals surface area (Å²) >= 11 is 6.16. The summed E-state index contributed by atoms with van der Waals surface area (Å²) in [7, 11) is 0. The molecule has 18 rings (SSSR count). The molecule has 0 aliphatic heterocycles. The van der Waals surface area contributed by atoms with Gasteiger partial charge in [0, 0.05) is 249 Å². The van der Waals surface area contributed by atoms with Crippen molar-refractivity contribution in [2.24, 2.45) is 0 Å². The Hall–Kier alpha value is -16.5. The molecule has 0 atom stereocenters. The van der Waals surface area contributed by atoms with Gasteiger partial charge >= 0.3 is 6.18 Å². The lowest BCUT2D eigenvalue weighted by Crippen LogP contribution is -2.06. The van der Waals surface area contributed by atoms with Gasteiger partial charge in [0.15, 0.2) is 34.7 Å². The van der Waals surface area contributed by atoms with Crippen LogP contribution in [0.1, 0.15) is 226 Å². The molecule has 0 saturated carbocycles. The molecular formula is C118H111ClF4N12O12. The summed E-state index contributed by atoms with van der Waals surface area (Å²) in [5.74, 6) is 3.56. The number of carbonyl (C=O) groups is 6. The van der Waals surface area contributed by atoms with E-state index < -0.39 is 11.7 Å². The molecule has 6 aromatic carbocycles. The molecule has 0 fully saturated rings. The third-order valence-electron chi connectivity index (χ3n) is 23.9. The van der Waals surface area contributed by atoms with E-state index in [0.717, 1.165) is 125 Å². The van der Waals surface area contributed by atoms with Crippen molar-refractivity contribution in [2.45, 2.75) is 187 Å². The highest BCUT2D eigenvalue weighted by atomic mass is 35.5. The van der Waals surface area contributed by atoms with Gasteiger partial charge in [-0.3, -0.25) is 58.7 Å². The number of hydrogen-bond acceptors (Lipinski definition) is 24. The van der Waals surface area contributed by atoms with Gasteiger partial charge in [-0.15, -0.1) is 0 Å². The number of hydrogen-bond donors (Lipinski definition) is 0. The molecule has 0 unspecified atom stereocenters. The minimum Gasteiger partial charge on any atom is -0.361 e. The van der Waals surface area contributed by atoms with Crippen LogP contribution in [0.3, 0.4) is 0 Å². The van der Waals surface area contributed by atoms with Crippen LogP contribution in [0.4, 0.5) is 17.6 Å². The van der Waals surface area contributed by atoms with Gasteiger partial charge in [-0.25, -0.2) is 4.39 Å². The lowest BCUT2D eigenvalue weighted by Gasteiger charge is -2.10. The van der Waals surface area contributed by atoms with E-state index in [4.69, 9.17) is 38.7 Å². The van der Waals surface area contributed by atoms with Gasteiger partial charge in [0.1, 0.15) is 74.5 Å². The number of benzene rings is 6. The number of rotatable bonds is 30. The first-order valence-electron chi connectivity index (χ1n) is 47.9. The van der Waals surface area contributed by atoms with E-state index in [2.05, 4.69) is 60.8 Å². The maximum Gasteiger partial charge on any atom is 0.417 e. The zero-order chi connectivity index (χ0) is 105. The summed E-state index contributed by atoms with van der Waals surface area (Å²) in [5, 5.41) is 24.6. The standard InChI is InChI=1S/C20H17F3N2O2.3C20H20N2O2.C19H17ClN2O2.C19H17FN2O2/c1-12-7-9-15(13(2)24-12)19(26)10-8-14-11-18(25-27-14)16-5-3-4-6-17(16)20(21,22)23;3*1-13-4-7-16(8-5-13)19-12-17(24-22-19)9-11-20(23)18-10-6-14(2)21-15(18)3;2*1-12-7-9-15(13(2)21-12)19(23)10-8-14-11-18(22-24-14)16-5-3-4-6-17(16)20/h3-7,9,11H,8,10H2,1-2H3;3*4-8,10,12H,9,11H2,1-3H3;2*3-7,9,11H,8,10H2,1-2H3. The van der Waals surface area contributed by atoms with E-state index in [1.807, 2.05) is 273 Å². The minimum absolute atomic E-state index is 0.00356. The number of aromatic nitrogens is 12. The second kappa shape index (κ2) is 50.6. The van der Waals surface area contributed by atoms with Crippen LogP contribution in [0.15, 0.2) is 282 Å².